The molecule has 0 saturated heterocycles. The molecule has 0 fully saturated rings. The molecular weight excluding hydrogens is 292 g/mol. The van der Waals surface area contributed by atoms with Crippen LogP contribution < -0.4 is 5.32 Å². The van der Waals surface area contributed by atoms with E-state index in [-0.39, 0.29) is 0 Å². The predicted octanol–water partition coefficient (Wildman–Crippen LogP) is 3.37. The van der Waals surface area contributed by atoms with Crippen molar-refractivity contribution in [3.05, 3.63) is 54.2 Å². The number of nitrogens with zero attached hydrogens (tertiary/aromatic N) is 1. The fourth-order valence-corrected chi connectivity index (χ4v) is 2.80. The van der Waals surface area contributed by atoms with Crippen LogP contribution in [0.1, 0.15) is 24.1 Å². The smallest absolute Gasteiger partial charge is 0.0923 e. The van der Waals surface area contributed by atoms with E-state index in [9.17, 15) is 0 Å². The number of aromatic nitrogens is 3. The van der Waals surface area contributed by atoms with Gasteiger partial charge in [0, 0.05) is 36.3 Å². The largest absolute Gasteiger partial charge is 0.380 e. The highest BCUT2D eigenvalue weighted by molar-refractivity contribution is 7.80. The molecule has 0 unspecified atom stereocenters. The standard InChI is InChI=1S/C17H20N4S/c22-17(19-9-3-4-14-11-18-12-21-14)8-7-13-10-20-16-6-2-1-5-15(13)16/h1-2,5-6,10-12,20H,3-4,7-9H2,(H,18,21)(H,19,22). The lowest BCUT2D eigenvalue weighted by atomic mass is 10.1. The third kappa shape index (κ3) is 3.74. The van der Waals surface area contributed by atoms with Crippen LogP contribution in [-0.4, -0.2) is 26.5 Å². The first-order valence-corrected chi connectivity index (χ1v) is 8.03. The molecule has 2 aromatic heterocycles. The minimum Gasteiger partial charge on any atom is -0.380 e. The summed E-state index contributed by atoms with van der Waals surface area (Å²) < 4.78 is 0. The van der Waals surface area contributed by atoms with Crippen molar-refractivity contribution in [2.45, 2.75) is 25.7 Å². The number of hydrogen-bond acceptors (Lipinski definition) is 2. The second-order valence-electron chi connectivity index (χ2n) is 5.37. The second kappa shape index (κ2) is 7.22. The molecule has 1 aromatic carbocycles. The molecule has 0 aliphatic rings. The minimum atomic E-state index is 0.888. The van der Waals surface area contributed by atoms with Crippen LogP contribution in [0.15, 0.2) is 43.0 Å². The zero-order valence-corrected chi connectivity index (χ0v) is 13.2. The normalized spacial score (nSPS) is 10.9. The van der Waals surface area contributed by atoms with E-state index in [1.54, 1.807) is 6.33 Å². The number of H-pyrrole nitrogens is 2. The third-order valence-corrected chi connectivity index (χ3v) is 4.13. The van der Waals surface area contributed by atoms with Gasteiger partial charge in [-0.3, -0.25) is 0 Å². The number of rotatable bonds is 7. The van der Waals surface area contributed by atoms with Crippen molar-refractivity contribution in [3.63, 3.8) is 0 Å². The molecule has 0 aliphatic carbocycles. The lowest BCUT2D eigenvalue weighted by molar-refractivity contribution is 0.758. The van der Waals surface area contributed by atoms with E-state index in [2.05, 4.69) is 44.7 Å². The van der Waals surface area contributed by atoms with Crippen LogP contribution in [0.5, 0.6) is 0 Å². The van der Waals surface area contributed by atoms with E-state index in [4.69, 9.17) is 12.2 Å². The van der Waals surface area contributed by atoms with Crippen LogP contribution in [0.25, 0.3) is 10.9 Å². The molecule has 0 bridgehead atoms. The Kier molecular flexibility index (Phi) is 4.85. The van der Waals surface area contributed by atoms with Gasteiger partial charge in [-0.2, -0.15) is 0 Å². The average Bonchev–Trinajstić information content (AvgIpc) is 3.19. The molecule has 3 rings (SSSR count). The molecule has 5 heteroatoms. The summed E-state index contributed by atoms with van der Waals surface area (Å²) in [5.41, 5.74) is 3.62. The Labute approximate surface area is 135 Å². The highest BCUT2D eigenvalue weighted by Gasteiger charge is 2.04. The third-order valence-electron chi connectivity index (χ3n) is 3.78. The molecule has 0 amide bonds. The predicted molar refractivity (Wildman–Crippen MR) is 94.1 cm³/mol. The van der Waals surface area contributed by atoms with Gasteiger partial charge < -0.3 is 15.3 Å². The van der Waals surface area contributed by atoms with Gasteiger partial charge in [0.1, 0.15) is 0 Å². The van der Waals surface area contributed by atoms with Crippen LogP contribution in [0, 0.1) is 0 Å². The number of aromatic amines is 2. The SMILES string of the molecule is S=C(CCc1c[nH]c2ccccc12)NCCCc1c[nH]cn1. The Morgan fingerprint density at radius 3 is 2.95 bits per heavy atom. The quantitative estimate of drug-likeness (QED) is 0.463. The molecule has 0 spiro atoms. The van der Waals surface area contributed by atoms with E-state index < -0.39 is 0 Å². The van der Waals surface area contributed by atoms with Gasteiger partial charge in [-0.1, -0.05) is 30.4 Å². The number of benzene rings is 1. The Bertz CT molecular complexity index is 730. The molecule has 3 aromatic rings. The van der Waals surface area contributed by atoms with Gasteiger partial charge in [-0.15, -0.1) is 0 Å². The van der Waals surface area contributed by atoms with Gasteiger partial charge in [0.2, 0.25) is 0 Å². The Hall–Kier alpha value is -2.14. The fraction of sp³-hybridized carbons (Fsp3) is 0.294. The van der Waals surface area contributed by atoms with Crippen LogP contribution in [0.2, 0.25) is 0 Å². The first kappa shape index (κ1) is 14.8. The van der Waals surface area contributed by atoms with Crippen molar-refractivity contribution in [2.75, 3.05) is 6.54 Å². The zero-order chi connectivity index (χ0) is 15.2. The van der Waals surface area contributed by atoms with Crippen molar-refractivity contribution in [2.24, 2.45) is 0 Å². The fourth-order valence-electron chi connectivity index (χ4n) is 2.60. The second-order valence-corrected chi connectivity index (χ2v) is 5.87. The molecular formula is C17H20N4S. The van der Waals surface area contributed by atoms with Crippen molar-refractivity contribution >= 4 is 28.1 Å². The van der Waals surface area contributed by atoms with E-state index in [0.29, 0.717) is 0 Å². The maximum absolute atomic E-state index is 5.42. The van der Waals surface area contributed by atoms with Crippen LogP contribution in [0.3, 0.4) is 0 Å². The molecule has 2 heterocycles. The molecule has 3 N–H and O–H groups in total. The zero-order valence-electron chi connectivity index (χ0n) is 12.4. The van der Waals surface area contributed by atoms with E-state index >= 15 is 0 Å². The Balaban J connectivity index is 1.40. The van der Waals surface area contributed by atoms with Gasteiger partial charge in [0.05, 0.1) is 17.0 Å². The molecule has 0 saturated carbocycles. The first-order valence-electron chi connectivity index (χ1n) is 7.62. The summed E-state index contributed by atoms with van der Waals surface area (Å²) in [6.07, 6.45) is 9.61. The highest BCUT2D eigenvalue weighted by atomic mass is 32.1. The lowest BCUT2D eigenvalue weighted by Gasteiger charge is -2.07. The summed E-state index contributed by atoms with van der Waals surface area (Å²) in [5.74, 6) is 0. The maximum Gasteiger partial charge on any atom is 0.0923 e. The van der Waals surface area contributed by atoms with Crippen molar-refractivity contribution < 1.29 is 0 Å². The monoisotopic (exact) mass is 312 g/mol. The van der Waals surface area contributed by atoms with Crippen molar-refractivity contribution in [3.8, 4) is 0 Å². The number of fused-ring (bicyclic) bond motifs is 1. The molecule has 4 nitrogen and oxygen atoms in total. The summed E-state index contributed by atoms with van der Waals surface area (Å²) in [6, 6.07) is 8.38. The maximum atomic E-state index is 5.42. The molecule has 22 heavy (non-hydrogen) atoms. The van der Waals surface area contributed by atoms with Crippen LogP contribution in [-0.2, 0) is 12.8 Å². The number of imidazole rings is 1. The highest BCUT2D eigenvalue weighted by Crippen LogP contribution is 2.18. The van der Waals surface area contributed by atoms with E-state index in [1.165, 1.54) is 16.5 Å². The molecule has 0 aliphatic heterocycles. The van der Waals surface area contributed by atoms with Gasteiger partial charge in [-0.25, -0.2) is 4.98 Å². The average molecular weight is 312 g/mol. The van der Waals surface area contributed by atoms with Crippen LogP contribution in [0.4, 0.5) is 0 Å². The minimum absolute atomic E-state index is 0.888. The molecule has 114 valence electrons. The van der Waals surface area contributed by atoms with E-state index in [0.717, 1.165) is 42.9 Å². The van der Waals surface area contributed by atoms with Crippen LogP contribution >= 0.6 is 12.2 Å². The molecule has 0 radical (unpaired) electrons. The number of thiocarbonyl (C=S) groups is 1. The van der Waals surface area contributed by atoms with Gasteiger partial charge in [-0.05, 0) is 30.9 Å². The lowest BCUT2D eigenvalue weighted by Crippen LogP contribution is -2.23. The summed E-state index contributed by atoms with van der Waals surface area (Å²) in [7, 11) is 0. The summed E-state index contributed by atoms with van der Waals surface area (Å²) >= 11 is 5.42. The Morgan fingerprint density at radius 1 is 1.18 bits per heavy atom. The van der Waals surface area contributed by atoms with Gasteiger partial charge in [0.15, 0.2) is 0 Å². The number of hydrogen-bond donors (Lipinski definition) is 3. The first-order chi connectivity index (χ1) is 10.8. The molecule has 0 atom stereocenters. The number of nitrogens with one attached hydrogen (secondary N) is 3. The number of para-hydroxylation sites is 1. The van der Waals surface area contributed by atoms with Crippen molar-refractivity contribution in [1.82, 2.24) is 20.3 Å². The van der Waals surface area contributed by atoms with Crippen molar-refractivity contribution in [1.29, 1.82) is 0 Å². The number of aryl methyl sites for hydroxylation is 2. The van der Waals surface area contributed by atoms with Gasteiger partial charge >= 0.3 is 0 Å². The summed E-state index contributed by atoms with van der Waals surface area (Å²) in [6.45, 7) is 0.902. The summed E-state index contributed by atoms with van der Waals surface area (Å²) in [5, 5.41) is 4.63. The van der Waals surface area contributed by atoms with E-state index in [1.807, 2.05) is 12.3 Å². The Morgan fingerprint density at radius 2 is 2.09 bits per heavy atom. The summed E-state index contributed by atoms with van der Waals surface area (Å²) in [4.78, 5) is 11.4. The van der Waals surface area contributed by atoms with Gasteiger partial charge in [0.25, 0.3) is 0 Å². The topological polar surface area (TPSA) is 56.5 Å².